The molecule has 1 aromatic heterocycles. The number of hydrogen-bond acceptors (Lipinski definition) is 2. The van der Waals surface area contributed by atoms with Gasteiger partial charge in [0.15, 0.2) is 0 Å². The van der Waals surface area contributed by atoms with E-state index in [1.807, 2.05) is 42.8 Å². The molecule has 1 unspecified atom stereocenters. The summed E-state index contributed by atoms with van der Waals surface area (Å²) >= 11 is 0. The molecule has 0 fully saturated rings. The van der Waals surface area contributed by atoms with Gasteiger partial charge >= 0.3 is 5.97 Å². The number of nitrogens with zero attached hydrogens (tertiary/aromatic N) is 2. The van der Waals surface area contributed by atoms with Crippen molar-refractivity contribution in [2.45, 2.75) is 39.0 Å². The van der Waals surface area contributed by atoms with Crippen molar-refractivity contribution in [1.82, 2.24) is 9.78 Å². The van der Waals surface area contributed by atoms with Gasteiger partial charge in [0.2, 0.25) is 0 Å². The first-order valence-corrected chi connectivity index (χ1v) is 6.96. The molecule has 1 atom stereocenters. The lowest BCUT2D eigenvalue weighted by Gasteiger charge is -2.21. The number of carboxylic acid groups (broad SMARTS) is 1. The molecule has 4 nitrogen and oxygen atoms in total. The normalized spacial score (nSPS) is 17.8. The van der Waals surface area contributed by atoms with Crippen molar-refractivity contribution < 1.29 is 9.90 Å². The first kappa shape index (κ1) is 12.9. The molecule has 1 N–H and O–H groups in total. The van der Waals surface area contributed by atoms with Gasteiger partial charge in [0.05, 0.1) is 23.0 Å². The highest BCUT2D eigenvalue weighted by Crippen LogP contribution is 2.35. The predicted molar refractivity (Wildman–Crippen MR) is 76.4 cm³/mol. The van der Waals surface area contributed by atoms with Crippen LogP contribution in [-0.4, -0.2) is 20.9 Å². The Morgan fingerprint density at radius 3 is 2.65 bits per heavy atom. The van der Waals surface area contributed by atoms with Crippen molar-refractivity contribution in [3.63, 3.8) is 0 Å². The third-order valence-electron chi connectivity index (χ3n) is 4.05. The van der Waals surface area contributed by atoms with E-state index in [2.05, 4.69) is 5.10 Å². The van der Waals surface area contributed by atoms with E-state index >= 15 is 0 Å². The van der Waals surface area contributed by atoms with Gasteiger partial charge in [0.1, 0.15) is 0 Å². The number of rotatable bonds is 2. The highest BCUT2D eigenvalue weighted by atomic mass is 16.4. The van der Waals surface area contributed by atoms with Crippen LogP contribution in [-0.2, 0) is 11.2 Å². The Labute approximate surface area is 118 Å². The zero-order valence-corrected chi connectivity index (χ0v) is 11.8. The van der Waals surface area contributed by atoms with Gasteiger partial charge < -0.3 is 5.11 Å². The monoisotopic (exact) mass is 270 g/mol. The maximum Gasteiger partial charge on any atom is 0.312 e. The van der Waals surface area contributed by atoms with E-state index < -0.39 is 11.9 Å². The fourth-order valence-electron chi connectivity index (χ4n) is 2.99. The smallest absolute Gasteiger partial charge is 0.312 e. The van der Waals surface area contributed by atoms with Gasteiger partial charge in [-0.1, -0.05) is 17.7 Å². The summed E-state index contributed by atoms with van der Waals surface area (Å²) in [5.41, 5.74) is 5.05. The quantitative estimate of drug-likeness (QED) is 0.912. The molecule has 0 saturated carbocycles. The second-order valence-electron chi connectivity index (χ2n) is 5.48. The molecule has 0 saturated heterocycles. The van der Waals surface area contributed by atoms with Crippen LogP contribution in [0.3, 0.4) is 0 Å². The lowest BCUT2D eigenvalue weighted by atomic mass is 9.86. The summed E-state index contributed by atoms with van der Waals surface area (Å²) < 4.78 is 1.82. The summed E-state index contributed by atoms with van der Waals surface area (Å²) in [6.07, 6.45) is 2.54. The van der Waals surface area contributed by atoms with Gasteiger partial charge in [0, 0.05) is 0 Å². The van der Waals surface area contributed by atoms with Gasteiger partial charge in [-0.3, -0.25) is 4.79 Å². The molecule has 2 aromatic rings. The van der Waals surface area contributed by atoms with Crippen LogP contribution in [0.1, 0.15) is 41.3 Å². The van der Waals surface area contributed by atoms with Crippen LogP contribution in [0.4, 0.5) is 0 Å². The van der Waals surface area contributed by atoms with Crippen LogP contribution in [0.2, 0.25) is 0 Å². The Morgan fingerprint density at radius 1 is 1.30 bits per heavy atom. The highest BCUT2D eigenvalue weighted by Gasteiger charge is 2.32. The molecule has 20 heavy (non-hydrogen) atoms. The lowest BCUT2D eigenvalue weighted by Crippen LogP contribution is -2.21. The van der Waals surface area contributed by atoms with Crippen molar-refractivity contribution in [1.29, 1.82) is 0 Å². The second-order valence-corrected chi connectivity index (χ2v) is 5.48. The minimum Gasteiger partial charge on any atom is -0.481 e. The second kappa shape index (κ2) is 4.78. The number of carbonyl (C=O) groups is 1. The molecule has 0 spiro atoms. The summed E-state index contributed by atoms with van der Waals surface area (Å²) in [5, 5.41) is 14.0. The molecule has 0 radical (unpaired) electrons. The van der Waals surface area contributed by atoms with Gasteiger partial charge in [-0.15, -0.1) is 0 Å². The maximum atomic E-state index is 11.5. The van der Waals surface area contributed by atoms with Crippen molar-refractivity contribution >= 4 is 5.97 Å². The maximum absolute atomic E-state index is 11.5. The number of aromatic nitrogens is 2. The number of benzene rings is 1. The molecule has 0 aliphatic heterocycles. The van der Waals surface area contributed by atoms with Crippen LogP contribution < -0.4 is 0 Å². The molecule has 1 aliphatic carbocycles. The topological polar surface area (TPSA) is 55.1 Å². The molecule has 3 rings (SSSR count). The van der Waals surface area contributed by atoms with Gasteiger partial charge in [0.25, 0.3) is 0 Å². The van der Waals surface area contributed by atoms with E-state index in [4.69, 9.17) is 0 Å². The molecular formula is C16H18N2O2. The van der Waals surface area contributed by atoms with E-state index in [1.165, 1.54) is 5.56 Å². The minimum absolute atomic E-state index is 0.443. The zero-order valence-electron chi connectivity index (χ0n) is 11.8. The van der Waals surface area contributed by atoms with Crippen LogP contribution in [0.25, 0.3) is 5.69 Å². The highest BCUT2D eigenvalue weighted by molar-refractivity contribution is 5.77. The molecule has 1 aliphatic rings. The largest absolute Gasteiger partial charge is 0.481 e. The molecule has 4 heteroatoms. The summed E-state index contributed by atoms with van der Waals surface area (Å²) in [7, 11) is 0. The van der Waals surface area contributed by atoms with Crippen molar-refractivity contribution in [3.05, 3.63) is 46.8 Å². The van der Waals surface area contributed by atoms with E-state index in [9.17, 15) is 9.90 Å². The Bertz CT molecular complexity index is 656. The zero-order chi connectivity index (χ0) is 14.3. The third-order valence-corrected chi connectivity index (χ3v) is 4.05. The minimum atomic E-state index is -0.751. The number of aryl methyl sites for hydroxylation is 2. The van der Waals surface area contributed by atoms with Crippen LogP contribution in [0.15, 0.2) is 24.3 Å². The number of carboxylic acids is 1. The third kappa shape index (κ3) is 2.01. The standard InChI is InChI=1S/C16H18N2O2/c1-10-6-8-12(9-7-10)18-15-13(11(2)17-18)4-3-5-14(15)16(19)20/h6-9,14H,3-5H2,1-2H3,(H,19,20). The molecule has 1 aromatic carbocycles. The summed E-state index contributed by atoms with van der Waals surface area (Å²) in [6.45, 7) is 4.00. The van der Waals surface area contributed by atoms with Crippen LogP contribution >= 0.6 is 0 Å². The Hall–Kier alpha value is -2.10. The molecule has 0 bridgehead atoms. The average molecular weight is 270 g/mol. The van der Waals surface area contributed by atoms with E-state index in [0.29, 0.717) is 6.42 Å². The lowest BCUT2D eigenvalue weighted by molar-refractivity contribution is -0.139. The fourth-order valence-corrected chi connectivity index (χ4v) is 2.99. The van der Waals surface area contributed by atoms with E-state index in [0.717, 1.165) is 35.5 Å². The first-order chi connectivity index (χ1) is 9.58. The first-order valence-electron chi connectivity index (χ1n) is 6.96. The van der Waals surface area contributed by atoms with Gasteiger partial charge in [-0.05, 0) is 50.8 Å². The molecule has 104 valence electrons. The van der Waals surface area contributed by atoms with Crippen molar-refractivity contribution in [2.75, 3.05) is 0 Å². The average Bonchev–Trinajstić information content (AvgIpc) is 2.77. The molecule has 0 amide bonds. The predicted octanol–water partition coefficient (Wildman–Crippen LogP) is 2.99. The number of fused-ring (bicyclic) bond motifs is 1. The Kier molecular flexibility index (Phi) is 3.08. The summed E-state index contributed by atoms with van der Waals surface area (Å²) in [4.78, 5) is 11.5. The van der Waals surface area contributed by atoms with Crippen molar-refractivity contribution in [2.24, 2.45) is 0 Å². The van der Waals surface area contributed by atoms with Crippen molar-refractivity contribution in [3.8, 4) is 5.69 Å². The summed E-state index contributed by atoms with van der Waals surface area (Å²) in [5.74, 6) is -1.19. The molecular weight excluding hydrogens is 252 g/mol. The van der Waals surface area contributed by atoms with E-state index in [-0.39, 0.29) is 0 Å². The van der Waals surface area contributed by atoms with Crippen LogP contribution in [0, 0.1) is 13.8 Å². The number of hydrogen-bond donors (Lipinski definition) is 1. The number of aliphatic carboxylic acids is 1. The van der Waals surface area contributed by atoms with E-state index in [1.54, 1.807) is 0 Å². The molecule has 1 heterocycles. The Balaban J connectivity index is 2.17. The fraction of sp³-hybridized carbons (Fsp3) is 0.375. The summed E-state index contributed by atoms with van der Waals surface area (Å²) in [6, 6.07) is 8.04. The Morgan fingerprint density at radius 2 is 2.00 bits per heavy atom. The SMILES string of the molecule is Cc1ccc(-n2nc(C)c3c2C(C(=O)O)CCC3)cc1. The van der Waals surface area contributed by atoms with Gasteiger partial charge in [-0.25, -0.2) is 4.68 Å². The van der Waals surface area contributed by atoms with Gasteiger partial charge in [-0.2, -0.15) is 5.10 Å². The van der Waals surface area contributed by atoms with Crippen LogP contribution in [0.5, 0.6) is 0 Å².